The van der Waals surface area contributed by atoms with E-state index in [1.807, 2.05) is 42.5 Å². The summed E-state index contributed by atoms with van der Waals surface area (Å²) in [5.41, 5.74) is 2.63. The molecular formula is C19H24N4O. The number of piperidine rings is 1. The smallest absolute Gasteiger partial charge is 0.319 e. The fourth-order valence-electron chi connectivity index (χ4n) is 3.12. The molecule has 1 saturated heterocycles. The Morgan fingerprint density at radius 3 is 2.83 bits per heavy atom. The molecule has 2 amide bonds. The molecule has 2 unspecified atom stereocenters. The van der Waals surface area contributed by atoms with E-state index in [0.717, 1.165) is 36.3 Å². The Bertz CT molecular complexity index is 689. The van der Waals surface area contributed by atoms with E-state index in [0.29, 0.717) is 6.04 Å². The highest BCUT2D eigenvalue weighted by Gasteiger charge is 2.26. The highest BCUT2D eigenvalue weighted by atomic mass is 16.2. The van der Waals surface area contributed by atoms with Crippen LogP contribution in [0.25, 0.3) is 11.3 Å². The first-order valence-corrected chi connectivity index (χ1v) is 8.43. The van der Waals surface area contributed by atoms with Crippen molar-refractivity contribution < 1.29 is 4.79 Å². The van der Waals surface area contributed by atoms with Gasteiger partial charge in [-0.1, -0.05) is 30.3 Å². The summed E-state index contributed by atoms with van der Waals surface area (Å²) in [4.78, 5) is 19.0. The van der Waals surface area contributed by atoms with E-state index in [1.54, 1.807) is 6.20 Å². The monoisotopic (exact) mass is 324 g/mol. The number of nitrogens with one attached hydrogen (secondary N) is 2. The minimum Gasteiger partial charge on any atom is -0.334 e. The second-order valence-corrected chi connectivity index (χ2v) is 6.36. The van der Waals surface area contributed by atoms with Gasteiger partial charge in [-0.3, -0.25) is 4.98 Å². The molecule has 0 radical (unpaired) electrons. The quantitative estimate of drug-likeness (QED) is 0.910. The molecule has 0 spiro atoms. The van der Waals surface area contributed by atoms with Gasteiger partial charge in [-0.25, -0.2) is 4.79 Å². The van der Waals surface area contributed by atoms with Crippen molar-refractivity contribution in [3.63, 3.8) is 0 Å². The minimum absolute atomic E-state index is 0.160. The van der Waals surface area contributed by atoms with Crippen molar-refractivity contribution >= 4 is 11.7 Å². The number of carbonyl (C=O) groups is 1. The Balaban J connectivity index is 1.64. The number of urea groups is 1. The highest BCUT2D eigenvalue weighted by molar-refractivity contribution is 5.90. The minimum atomic E-state index is -0.160. The normalized spacial score (nSPS) is 21.2. The summed E-state index contributed by atoms with van der Waals surface area (Å²) in [5, 5.41) is 6.02. The molecule has 1 aromatic carbocycles. The van der Waals surface area contributed by atoms with Crippen LogP contribution in [0.5, 0.6) is 0 Å². The summed E-state index contributed by atoms with van der Waals surface area (Å²) in [6, 6.07) is 14.0. The van der Waals surface area contributed by atoms with Gasteiger partial charge in [-0.2, -0.15) is 0 Å². The first kappa shape index (κ1) is 16.5. The summed E-state index contributed by atoms with van der Waals surface area (Å²) in [5.74, 6) is 0. The zero-order valence-electron chi connectivity index (χ0n) is 14.2. The van der Waals surface area contributed by atoms with Gasteiger partial charge < -0.3 is 15.5 Å². The van der Waals surface area contributed by atoms with E-state index in [2.05, 4.69) is 34.5 Å². The SMILES string of the molecule is CC1C(NC(=O)Nc2ccnc(-c3ccccc3)c2)CCCN1C. The Morgan fingerprint density at radius 2 is 2.04 bits per heavy atom. The van der Waals surface area contributed by atoms with Gasteiger partial charge in [0.15, 0.2) is 0 Å². The van der Waals surface area contributed by atoms with Gasteiger partial charge in [0.1, 0.15) is 0 Å². The largest absolute Gasteiger partial charge is 0.334 e. The molecule has 1 aliphatic heterocycles. The van der Waals surface area contributed by atoms with Crippen LogP contribution in [0.3, 0.4) is 0 Å². The number of pyridine rings is 1. The standard InChI is InChI=1S/C19H24N4O/c1-14-17(9-6-12-23(14)2)22-19(24)21-16-10-11-20-18(13-16)15-7-4-3-5-8-15/h3-5,7-8,10-11,13-14,17H,6,9,12H2,1-2H3,(H2,20,21,22,24). The van der Waals surface area contributed by atoms with E-state index in [1.165, 1.54) is 0 Å². The zero-order chi connectivity index (χ0) is 16.9. The Labute approximate surface area is 143 Å². The summed E-state index contributed by atoms with van der Waals surface area (Å²) >= 11 is 0. The lowest BCUT2D eigenvalue weighted by atomic mass is 9.98. The first-order valence-electron chi connectivity index (χ1n) is 8.43. The lowest BCUT2D eigenvalue weighted by Crippen LogP contribution is -2.53. The second kappa shape index (κ2) is 7.45. The molecule has 2 N–H and O–H groups in total. The average molecular weight is 324 g/mol. The summed E-state index contributed by atoms with van der Waals surface area (Å²) < 4.78 is 0. The maximum atomic E-state index is 12.3. The van der Waals surface area contributed by atoms with Crippen molar-refractivity contribution in [1.82, 2.24) is 15.2 Å². The van der Waals surface area contributed by atoms with Crippen molar-refractivity contribution in [3.05, 3.63) is 48.7 Å². The Kier molecular flexibility index (Phi) is 5.11. The molecule has 1 aliphatic rings. The zero-order valence-corrected chi connectivity index (χ0v) is 14.2. The molecule has 5 nitrogen and oxygen atoms in total. The molecule has 126 valence electrons. The molecule has 3 rings (SSSR count). The molecule has 1 fully saturated rings. The van der Waals surface area contributed by atoms with E-state index >= 15 is 0 Å². The van der Waals surface area contributed by atoms with Crippen LogP contribution in [-0.4, -0.2) is 41.6 Å². The van der Waals surface area contributed by atoms with Crippen molar-refractivity contribution in [2.24, 2.45) is 0 Å². The third-order valence-electron chi connectivity index (χ3n) is 4.71. The molecule has 0 saturated carbocycles. The number of hydrogen-bond donors (Lipinski definition) is 2. The third kappa shape index (κ3) is 3.92. The number of hydrogen-bond acceptors (Lipinski definition) is 3. The van der Waals surface area contributed by atoms with E-state index in [9.17, 15) is 4.79 Å². The molecule has 5 heteroatoms. The third-order valence-corrected chi connectivity index (χ3v) is 4.71. The van der Waals surface area contributed by atoms with Crippen molar-refractivity contribution in [1.29, 1.82) is 0 Å². The van der Waals surface area contributed by atoms with Crippen LogP contribution in [0, 0.1) is 0 Å². The molecule has 2 atom stereocenters. The summed E-state index contributed by atoms with van der Waals surface area (Å²) in [7, 11) is 2.10. The van der Waals surface area contributed by atoms with Crippen LogP contribution in [0.2, 0.25) is 0 Å². The number of anilines is 1. The van der Waals surface area contributed by atoms with Gasteiger partial charge in [0.2, 0.25) is 0 Å². The molecule has 0 bridgehead atoms. The number of amides is 2. The van der Waals surface area contributed by atoms with Gasteiger partial charge in [0.05, 0.1) is 5.69 Å². The van der Waals surface area contributed by atoms with Crippen LogP contribution in [-0.2, 0) is 0 Å². The van der Waals surface area contributed by atoms with Crippen LogP contribution >= 0.6 is 0 Å². The first-order chi connectivity index (χ1) is 11.6. The molecule has 2 aromatic rings. The van der Waals surface area contributed by atoms with Gasteiger partial charge in [0.25, 0.3) is 0 Å². The topological polar surface area (TPSA) is 57.3 Å². The van der Waals surface area contributed by atoms with Crippen LogP contribution in [0.4, 0.5) is 10.5 Å². The Hall–Kier alpha value is -2.40. The number of benzene rings is 1. The average Bonchev–Trinajstić information content (AvgIpc) is 2.60. The Morgan fingerprint density at radius 1 is 1.25 bits per heavy atom. The van der Waals surface area contributed by atoms with Crippen molar-refractivity contribution in [3.8, 4) is 11.3 Å². The molecular weight excluding hydrogens is 300 g/mol. The molecule has 24 heavy (non-hydrogen) atoms. The number of likely N-dealkylation sites (N-methyl/N-ethyl adjacent to an activating group) is 1. The van der Waals surface area contributed by atoms with Gasteiger partial charge in [-0.15, -0.1) is 0 Å². The fourth-order valence-corrected chi connectivity index (χ4v) is 3.12. The molecule has 2 heterocycles. The number of rotatable bonds is 3. The molecule has 0 aliphatic carbocycles. The predicted molar refractivity (Wildman–Crippen MR) is 96.9 cm³/mol. The van der Waals surface area contributed by atoms with Crippen molar-refractivity contribution in [2.75, 3.05) is 18.9 Å². The van der Waals surface area contributed by atoms with Crippen LogP contribution < -0.4 is 10.6 Å². The van der Waals surface area contributed by atoms with E-state index < -0.39 is 0 Å². The maximum Gasteiger partial charge on any atom is 0.319 e. The van der Waals surface area contributed by atoms with Crippen molar-refractivity contribution in [2.45, 2.75) is 31.8 Å². The molecule has 1 aromatic heterocycles. The van der Waals surface area contributed by atoms with Gasteiger partial charge in [0, 0.05) is 29.5 Å². The summed E-state index contributed by atoms with van der Waals surface area (Å²) in [6.07, 6.45) is 3.85. The predicted octanol–water partition coefficient (Wildman–Crippen LogP) is 3.35. The van der Waals surface area contributed by atoms with E-state index in [-0.39, 0.29) is 12.1 Å². The fraction of sp³-hybridized carbons (Fsp3) is 0.368. The van der Waals surface area contributed by atoms with Gasteiger partial charge in [-0.05, 0) is 45.5 Å². The number of aromatic nitrogens is 1. The number of carbonyl (C=O) groups excluding carboxylic acids is 1. The summed E-state index contributed by atoms with van der Waals surface area (Å²) in [6.45, 7) is 3.25. The van der Waals surface area contributed by atoms with Gasteiger partial charge >= 0.3 is 6.03 Å². The lowest BCUT2D eigenvalue weighted by Gasteiger charge is -2.37. The number of likely N-dealkylation sites (tertiary alicyclic amines) is 1. The second-order valence-electron chi connectivity index (χ2n) is 6.36. The van der Waals surface area contributed by atoms with E-state index in [4.69, 9.17) is 0 Å². The van der Waals surface area contributed by atoms with Crippen LogP contribution in [0.15, 0.2) is 48.7 Å². The van der Waals surface area contributed by atoms with Crippen LogP contribution in [0.1, 0.15) is 19.8 Å². The maximum absolute atomic E-state index is 12.3. The number of nitrogens with zero attached hydrogens (tertiary/aromatic N) is 2. The lowest BCUT2D eigenvalue weighted by molar-refractivity contribution is 0.157. The highest BCUT2D eigenvalue weighted by Crippen LogP contribution is 2.20.